The van der Waals surface area contributed by atoms with Crippen LogP contribution in [0, 0.1) is 0 Å². The molecule has 0 amide bonds. The summed E-state index contributed by atoms with van der Waals surface area (Å²) >= 11 is 0. The molecular weight excluding hydrogens is 236 g/mol. The largest absolute Gasteiger partial charge is 0.263 e. The Hall–Kier alpha value is -1.01. The standard InChI is InChI=1S/C10H13F2NO2S/c1-7(2)13-16(14,15)9-5-3-8(4-6-9)10(11)12/h3-7,10,13H,1-2H3. The summed E-state index contributed by atoms with van der Waals surface area (Å²) in [6, 6.07) is 4.33. The van der Waals surface area contributed by atoms with Crippen LogP contribution >= 0.6 is 0 Å². The summed E-state index contributed by atoms with van der Waals surface area (Å²) in [5, 5.41) is 0. The molecule has 0 radical (unpaired) electrons. The first kappa shape index (κ1) is 13.1. The molecule has 6 heteroatoms. The van der Waals surface area contributed by atoms with Crippen LogP contribution in [0.1, 0.15) is 25.8 Å². The van der Waals surface area contributed by atoms with Gasteiger partial charge in [0.25, 0.3) is 6.43 Å². The van der Waals surface area contributed by atoms with Gasteiger partial charge >= 0.3 is 0 Å². The number of rotatable bonds is 4. The van der Waals surface area contributed by atoms with Crippen LogP contribution in [0.25, 0.3) is 0 Å². The van der Waals surface area contributed by atoms with Gasteiger partial charge in [0, 0.05) is 11.6 Å². The third kappa shape index (κ3) is 3.24. The number of sulfonamides is 1. The van der Waals surface area contributed by atoms with E-state index in [1.54, 1.807) is 13.8 Å². The van der Waals surface area contributed by atoms with Crippen LogP contribution in [0.4, 0.5) is 8.78 Å². The Morgan fingerprint density at radius 3 is 2.00 bits per heavy atom. The first-order chi connectivity index (χ1) is 7.33. The molecule has 0 unspecified atom stereocenters. The fourth-order valence-corrected chi connectivity index (χ4v) is 2.42. The molecule has 0 fully saturated rings. The summed E-state index contributed by atoms with van der Waals surface area (Å²) < 4.78 is 50.1. The lowest BCUT2D eigenvalue weighted by Gasteiger charge is -2.09. The van der Waals surface area contributed by atoms with Crippen LogP contribution in [-0.2, 0) is 10.0 Å². The van der Waals surface area contributed by atoms with E-state index in [1.807, 2.05) is 0 Å². The molecule has 0 aromatic heterocycles. The van der Waals surface area contributed by atoms with Crippen molar-refractivity contribution in [3.8, 4) is 0 Å². The second-order valence-electron chi connectivity index (χ2n) is 3.65. The molecule has 1 rings (SSSR count). The van der Waals surface area contributed by atoms with Crippen molar-refractivity contribution in [2.75, 3.05) is 0 Å². The Kier molecular flexibility index (Phi) is 3.98. The summed E-state index contributed by atoms with van der Waals surface area (Å²) in [6.45, 7) is 3.37. The molecule has 0 aliphatic heterocycles. The van der Waals surface area contributed by atoms with Gasteiger partial charge in [-0.15, -0.1) is 0 Å². The van der Waals surface area contributed by atoms with E-state index < -0.39 is 16.4 Å². The predicted molar refractivity (Wildman–Crippen MR) is 56.9 cm³/mol. The van der Waals surface area contributed by atoms with Gasteiger partial charge in [0.2, 0.25) is 10.0 Å². The van der Waals surface area contributed by atoms with Crippen molar-refractivity contribution < 1.29 is 17.2 Å². The maximum absolute atomic E-state index is 12.2. The highest BCUT2D eigenvalue weighted by Gasteiger charge is 2.16. The van der Waals surface area contributed by atoms with Crippen LogP contribution in [0.15, 0.2) is 29.2 Å². The van der Waals surface area contributed by atoms with Gasteiger partial charge in [-0.05, 0) is 26.0 Å². The Morgan fingerprint density at radius 1 is 1.12 bits per heavy atom. The fraction of sp³-hybridized carbons (Fsp3) is 0.400. The highest BCUT2D eigenvalue weighted by Crippen LogP contribution is 2.20. The molecule has 0 aliphatic rings. The average Bonchev–Trinajstić information content (AvgIpc) is 2.16. The monoisotopic (exact) mass is 249 g/mol. The zero-order chi connectivity index (χ0) is 12.3. The molecule has 1 N–H and O–H groups in total. The number of benzene rings is 1. The summed E-state index contributed by atoms with van der Waals surface area (Å²) in [6.07, 6.45) is -2.59. The van der Waals surface area contributed by atoms with E-state index in [0.29, 0.717) is 0 Å². The lowest BCUT2D eigenvalue weighted by atomic mass is 10.2. The highest BCUT2D eigenvalue weighted by atomic mass is 32.2. The molecule has 0 bridgehead atoms. The van der Waals surface area contributed by atoms with Gasteiger partial charge in [-0.2, -0.15) is 0 Å². The van der Waals surface area contributed by atoms with E-state index in [4.69, 9.17) is 0 Å². The minimum Gasteiger partial charge on any atom is -0.209 e. The van der Waals surface area contributed by atoms with E-state index >= 15 is 0 Å². The maximum Gasteiger partial charge on any atom is 0.263 e. The maximum atomic E-state index is 12.2. The molecule has 0 atom stereocenters. The zero-order valence-corrected chi connectivity index (χ0v) is 9.76. The van der Waals surface area contributed by atoms with E-state index in [-0.39, 0.29) is 16.5 Å². The SMILES string of the molecule is CC(C)NS(=O)(=O)c1ccc(C(F)F)cc1. The van der Waals surface area contributed by atoms with Gasteiger partial charge in [0.15, 0.2) is 0 Å². The third-order valence-corrected chi connectivity index (χ3v) is 3.51. The zero-order valence-electron chi connectivity index (χ0n) is 8.94. The lowest BCUT2D eigenvalue weighted by Crippen LogP contribution is -2.30. The Balaban J connectivity index is 2.98. The van der Waals surface area contributed by atoms with Crippen LogP contribution in [0.5, 0.6) is 0 Å². The number of halogens is 2. The van der Waals surface area contributed by atoms with E-state index in [0.717, 1.165) is 12.1 Å². The average molecular weight is 249 g/mol. The second-order valence-corrected chi connectivity index (χ2v) is 5.36. The number of nitrogens with one attached hydrogen (secondary N) is 1. The second kappa shape index (κ2) is 4.88. The number of hydrogen-bond acceptors (Lipinski definition) is 2. The molecule has 0 saturated heterocycles. The molecule has 0 heterocycles. The Bertz CT molecular complexity index is 440. The van der Waals surface area contributed by atoms with E-state index in [9.17, 15) is 17.2 Å². The van der Waals surface area contributed by atoms with Crippen molar-refractivity contribution >= 4 is 10.0 Å². The van der Waals surface area contributed by atoms with Crippen molar-refractivity contribution in [3.05, 3.63) is 29.8 Å². The summed E-state index contributed by atoms with van der Waals surface area (Å²) in [5.74, 6) is 0. The van der Waals surface area contributed by atoms with Gasteiger partial charge in [-0.25, -0.2) is 21.9 Å². The van der Waals surface area contributed by atoms with Crippen molar-refractivity contribution in [2.45, 2.75) is 31.2 Å². The topological polar surface area (TPSA) is 46.2 Å². The quantitative estimate of drug-likeness (QED) is 0.890. The molecule has 1 aromatic carbocycles. The van der Waals surface area contributed by atoms with Gasteiger partial charge in [-0.1, -0.05) is 12.1 Å². The predicted octanol–water partition coefficient (Wildman–Crippen LogP) is 2.31. The van der Waals surface area contributed by atoms with Gasteiger partial charge < -0.3 is 0 Å². The number of hydrogen-bond donors (Lipinski definition) is 1. The summed E-state index contributed by atoms with van der Waals surface area (Å²) in [5.41, 5.74) is -0.191. The first-order valence-corrected chi connectivity index (χ1v) is 6.21. The van der Waals surface area contributed by atoms with Crippen molar-refractivity contribution in [2.24, 2.45) is 0 Å². The molecule has 3 nitrogen and oxygen atoms in total. The lowest BCUT2D eigenvalue weighted by molar-refractivity contribution is 0.151. The van der Waals surface area contributed by atoms with Gasteiger partial charge in [0.1, 0.15) is 0 Å². The van der Waals surface area contributed by atoms with E-state index in [1.165, 1.54) is 12.1 Å². The minimum atomic E-state index is -3.60. The molecule has 1 aromatic rings. The first-order valence-electron chi connectivity index (χ1n) is 4.73. The van der Waals surface area contributed by atoms with Crippen molar-refractivity contribution in [3.63, 3.8) is 0 Å². The summed E-state index contributed by atoms with van der Waals surface area (Å²) in [4.78, 5) is -0.00870. The fourth-order valence-electron chi connectivity index (χ4n) is 1.17. The Morgan fingerprint density at radius 2 is 1.62 bits per heavy atom. The smallest absolute Gasteiger partial charge is 0.209 e. The normalized spacial score (nSPS) is 12.4. The van der Waals surface area contributed by atoms with Gasteiger partial charge in [-0.3, -0.25) is 0 Å². The van der Waals surface area contributed by atoms with Crippen molar-refractivity contribution in [1.82, 2.24) is 4.72 Å². The minimum absolute atomic E-state index is 0.00870. The molecule has 90 valence electrons. The van der Waals surface area contributed by atoms with Crippen LogP contribution < -0.4 is 4.72 Å². The van der Waals surface area contributed by atoms with E-state index in [2.05, 4.69) is 4.72 Å². The summed E-state index contributed by atoms with van der Waals surface area (Å²) in [7, 11) is -3.60. The molecule has 0 saturated carbocycles. The van der Waals surface area contributed by atoms with Crippen LogP contribution in [0.2, 0.25) is 0 Å². The molecule has 0 aliphatic carbocycles. The third-order valence-electron chi connectivity index (χ3n) is 1.83. The Labute approximate surface area is 93.5 Å². The van der Waals surface area contributed by atoms with Crippen LogP contribution in [0.3, 0.4) is 0 Å². The van der Waals surface area contributed by atoms with Crippen molar-refractivity contribution in [1.29, 1.82) is 0 Å². The number of alkyl halides is 2. The van der Waals surface area contributed by atoms with Crippen LogP contribution in [-0.4, -0.2) is 14.5 Å². The molecule has 0 spiro atoms. The molecular formula is C10H13F2NO2S. The highest BCUT2D eigenvalue weighted by molar-refractivity contribution is 7.89. The molecule has 16 heavy (non-hydrogen) atoms. The van der Waals surface area contributed by atoms with Gasteiger partial charge in [0.05, 0.1) is 4.90 Å².